The van der Waals surface area contributed by atoms with Crippen LogP contribution in [0.3, 0.4) is 0 Å². The predicted octanol–water partition coefficient (Wildman–Crippen LogP) is 3.74. The maximum absolute atomic E-state index is 13.7. The lowest BCUT2D eigenvalue weighted by Crippen LogP contribution is -2.42. The Bertz CT molecular complexity index is 1060. The fourth-order valence-electron chi connectivity index (χ4n) is 3.65. The first kappa shape index (κ1) is 20.8. The molecular formula is C22H25FN6O2. The van der Waals surface area contributed by atoms with Crippen LogP contribution < -0.4 is 10.1 Å². The summed E-state index contributed by atoms with van der Waals surface area (Å²) in [5.41, 5.74) is 2.10. The van der Waals surface area contributed by atoms with Crippen molar-refractivity contribution in [3.8, 4) is 11.7 Å². The minimum Gasteiger partial charge on any atom is -0.477 e. The maximum atomic E-state index is 13.7. The van der Waals surface area contributed by atoms with E-state index in [1.54, 1.807) is 33.8 Å². The Morgan fingerprint density at radius 2 is 1.97 bits per heavy atom. The van der Waals surface area contributed by atoms with E-state index in [9.17, 15) is 9.18 Å². The van der Waals surface area contributed by atoms with Crippen molar-refractivity contribution in [3.05, 3.63) is 59.9 Å². The number of aromatic nitrogens is 4. The van der Waals surface area contributed by atoms with Crippen molar-refractivity contribution in [3.63, 3.8) is 0 Å². The largest absolute Gasteiger partial charge is 0.477 e. The summed E-state index contributed by atoms with van der Waals surface area (Å²) >= 11 is 0. The number of carbonyl (C=O) groups is 1. The monoisotopic (exact) mass is 424 g/mol. The Morgan fingerprint density at radius 1 is 1.19 bits per heavy atom. The zero-order chi connectivity index (χ0) is 21.8. The van der Waals surface area contributed by atoms with Crippen molar-refractivity contribution in [2.45, 2.75) is 26.7 Å². The number of piperidine rings is 1. The second kappa shape index (κ2) is 9.11. The molecule has 1 saturated heterocycles. The van der Waals surface area contributed by atoms with Gasteiger partial charge in [0.2, 0.25) is 5.88 Å². The molecule has 9 heteroatoms. The number of halogens is 1. The van der Waals surface area contributed by atoms with E-state index in [-0.39, 0.29) is 11.7 Å². The number of benzene rings is 1. The minimum atomic E-state index is -0.441. The highest BCUT2D eigenvalue weighted by molar-refractivity contribution is 5.89. The number of carbonyl (C=O) groups excluding carboxylic acids is 1. The van der Waals surface area contributed by atoms with Crippen LogP contribution in [0.1, 0.15) is 24.2 Å². The smallest absolute Gasteiger partial charge is 0.321 e. The van der Waals surface area contributed by atoms with E-state index in [1.807, 2.05) is 19.9 Å². The van der Waals surface area contributed by atoms with Crippen LogP contribution in [0.15, 0.2) is 42.7 Å². The lowest BCUT2D eigenvalue weighted by molar-refractivity contribution is 0.150. The van der Waals surface area contributed by atoms with Crippen LogP contribution in [0.25, 0.3) is 5.82 Å². The molecule has 0 saturated carbocycles. The molecule has 162 valence electrons. The number of nitrogens with zero attached hydrogens (tertiary/aromatic N) is 5. The summed E-state index contributed by atoms with van der Waals surface area (Å²) in [6, 6.07) is 9.64. The second-order valence-electron chi connectivity index (χ2n) is 7.70. The summed E-state index contributed by atoms with van der Waals surface area (Å²) in [7, 11) is 0. The van der Waals surface area contributed by atoms with E-state index >= 15 is 0 Å². The highest BCUT2D eigenvalue weighted by atomic mass is 19.1. The molecule has 1 aliphatic heterocycles. The summed E-state index contributed by atoms with van der Waals surface area (Å²) in [5, 5.41) is 7.07. The third-order valence-corrected chi connectivity index (χ3v) is 5.34. The second-order valence-corrected chi connectivity index (χ2v) is 7.70. The zero-order valence-corrected chi connectivity index (χ0v) is 17.6. The van der Waals surface area contributed by atoms with Gasteiger partial charge in [0.1, 0.15) is 12.1 Å². The molecule has 2 amide bonds. The number of para-hydroxylation sites is 1. The van der Waals surface area contributed by atoms with Gasteiger partial charge < -0.3 is 15.0 Å². The molecule has 3 aromatic rings. The maximum Gasteiger partial charge on any atom is 0.321 e. The van der Waals surface area contributed by atoms with Gasteiger partial charge in [-0.25, -0.2) is 23.8 Å². The molecule has 2 aromatic heterocycles. The van der Waals surface area contributed by atoms with E-state index in [4.69, 9.17) is 4.74 Å². The van der Waals surface area contributed by atoms with Gasteiger partial charge in [-0.3, -0.25) is 0 Å². The quantitative estimate of drug-likeness (QED) is 0.674. The van der Waals surface area contributed by atoms with Crippen molar-refractivity contribution in [1.29, 1.82) is 0 Å². The van der Waals surface area contributed by atoms with Crippen molar-refractivity contribution in [1.82, 2.24) is 24.6 Å². The summed E-state index contributed by atoms with van der Waals surface area (Å²) in [6.07, 6.45) is 3.08. The van der Waals surface area contributed by atoms with Gasteiger partial charge in [-0.1, -0.05) is 12.1 Å². The summed E-state index contributed by atoms with van der Waals surface area (Å²) in [4.78, 5) is 22.6. The number of hydrogen-bond donors (Lipinski definition) is 1. The number of amides is 2. The Kier molecular flexibility index (Phi) is 6.11. The Morgan fingerprint density at radius 3 is 2.68 bits per heavy atom. The molecule has 0 radical (unpaired) electrons. The molecular weight excluding hydrogens is 399 g/mol. The van der Waals surface area contributed by atoms with Gasteiger partial charge in [0.15, 0.2) is 5.82 Å². The zero-order valence-electron chi connectivity index (χ0n) is 17.6. The molecule has 31 heavy (non-hydrogen) atoms. The van der Waals surface area contributed by atoms with E-state index in [0.29, 0.717) is 37.3 Å². The molecule has 1 N–H and O–H groups in total. The third kappa shape index (κ3) is 4.99. The van der Waals surface area contributed by atoms with Gasteiger partial charge in [-0.05, 0) is 50.8 Å². The molecule has 3 heterocycles. The number of nitrogens with one attached hydrogen (secondary N) is 1. The topological polar surface area (TPSA) is 85.2 Å². The lowest BCUT2D eigenvalue weighted by Gasteiger charge is -2.31. The van der Waals surface area contributed by atoms with Gasteiger partial charge in [-0.2, -0.15) is 5.10 Å². The van der Waals surface area contributed by atoms with Crippen molar-refractivity contribution in [2.75, 3.05) is 25.0 Å². The van der Waals surface area contributed by atoms with E-state index in [2.05, 4.69) is 20.4 Å². The predicted molar refractivity (Wildman–Crippen MR) is 114 cm³/mol. The molecule has 0 atom stereocenters. The molecule has 8 nitrogen and oxygen atoms in total. The molecule has 0 unspecified atom stereocenters. The summed E-state index contributed by atoms with van der Waals surface area (Å²) < 4.78 is 21.4. The molecule has 4 rings (SSSR count). The van der Waals surface area contributed by atoms with E-state index < -0.39 is 5.82 Å². The van der Waals surface area contributed by atoms with Crippen LogP contribution in [0.2, 0.25) is 0 Å². The van der Waals surface area contributed by atoms with Gasteiger partial charge in [0.05, 0.1) is 18.0 Å². The first-order valence-corrected chi connectivity index (χ1v) is 10.3. The van der Waals surface area contributed by atoms with Crippen LogP contribution in [-0.4, -0.2) is 50.4 Å². The summed E-state index contributed by atoms with van der Waals surface area (Å²) in [6.45, 7) is 5.60. The SMILES string of the molecule is Cc1cc(C)n(-c2cc(OCC3CCN(C(=O)Nc4ccccc4F)CC3)ncn2)n1. The van der Waals surface area contributed by atoms with Gasteiger partial charge >= 0.3 is 6.03 Å². The van der Waals surface area contributed by atoms with Crippen LogP contribution in [0, 0.1) is 25.6 Å². The summed E-state index contributed by atoms with van der Waals surface area (Å²) in [5.74, 6) is 1.03. The van der Waals surface area contributed by atoms with E-state index in [1.165, 1.54) is 12.4 Å². The lowest BCUT2D eigenvalue weighted by atomic mass is 9.98. The van der Waals surface area contributed by atoms with Crippen LogP contribution in [0.4, 0.5) is 14.9 Å². The highest BCUT2D eigenvalue weighted by Crippen LogP contribution is 2.21. The van der Waals surface area contributed by atoms with Gasteiger partial charge in [-0.15, -0.1) is 0 Å². The Hall–Kier alpha value is -3.49. The van der Waals surface area contributed by atoms with Crippen LogP contribution >= 0.6 is 0 Å². The third-order valence-electron chi connectivity index (χ3n) is 5.34. The average Bonchev–Trinajstić information content (AvgIpc) is 3.12. The van der Waals surface area contributed by atoms with Crippen molar-refractivity contribution >= 4 is 11.7 Å². The molecule has 1 aromatic carbocycles. The van der Waals surface area contributed by atoms with Crippen molar-refractivity contribution < 1.29 is 13.9 Å². The standard InChI is InChI=1S/C22H25FN6O2/c1-15-11-16(2)29(27-15)20-12-21(25-14-24-20)31-13-17-7-9-28(10-8-17)22(30)26-19-6-4-3-5-18(19)23/h3-6,11-12,14,17H,7-10,13H2,1-2H3,(H,26,30). The number of aryl methyl sites for hydroxylation is 2. The number of urea groups is 1. The number of rotatable bonds is 5. The fraction of sp³-hybridized carbons (Fsp3) is 0.364. The first-order valence-electron chi connectivity index (χ1n) is 10.3. The number of anilines is 1. The Balaban J connectivity index is 1.28. The number of ether oxygens (including phenoxy) is 1. The minimum absolute atomic E-state index is 0.195. The molecule has 0 spiro atoms. The highest BCUT2D eigenvalue weighted by Gasteiger charge is 2.24. The normalized spacial score (nSPS) is 14.5. The number of likely N-dealkylation sites (tertiary alicyclic amines) is 1. The van der Waals surface area contributed by atoms with Gasteiger partial charge in [0.25, 0.3) is 0 Å². The van der Waals surface area contributed by atoms with Gasteiger partial charge in [0, 0.05) is 24.8 Å². The van der Waals surface area contributed by atoms with E-state index in [0.717, 1.165) is 24.2 Å². The van der Waals surface area contributed by atoms with Crippen LogP contribution in [-0.2, 0) is 0 Å². The Labute approximate surface area is 180 Å². The van der Waals surface area contributed by atoms with Crippen LogP contribution in [0.5, 0.6) is 5.88 Å². The molecule has 0 aliphatic carbocycles. The molecule has 0 bridgehead atoms. The number of hydrogen-bond acceptors (Lipinski definition) is 5. The molecule has 1 fully saturated rings. The van der Waals surface area contributed by atoms with Crippen molar-refractivity contribution in [2.24, 2.45) is 5.92 Å². The average molecular weight is 424 g/mol. The fourth-order valence-corrected chi connectivity index (χ4v) is 3.65. The first-order chi connectivity index (χ1) is 15.0. The molecule has 1 aliphatic rings.